The summed E-state index contributed by atoms with van der Waals surface area (Å²) in [5.41, 5.74) is 12.0. The van der Waals surface area contributed by atoms with Crippen LogP contribution in [0.3, 0.4) is 0 Å². The first kappa shape index (κ1) is 25.4. The van der Waals surface area contributed by atoms with Gasteiger partial charge in [-0.2, -0.15) is 5.10 Å². The maximum Gasteiger partial charge on any atom is 0.250 e. The van der Waals surface area contributed by atoms with Crippen LogP contribution in [0.5, 0.6) is 0 Å². The second kappa shape index (κ2) is 10.4. The number of imidazole rings is 1. The van der Waals surface area contributed by atoms with Crippen molar-refractivity contribution in [1.29, 1.82) is 0 Å². The van der Waals surface area contributed by atoms with Crippen LogP contribution < -0.4 is 11.1 Å². The van der Waals surface area contributed by atoms with Crippen molar-refractivity contribution in [3.63, 3.8) is 0 Å². The minimum Gasteiger partial charge on any atom is -0.382 e. The maximum atomic E-state index is 12.3. The molecular formula is C30H31N9O. The minimum absolute atomic E-state index is 0.239. The van der Waals surface area contributed by atoms with E-state index in [2.05, 4.69) is 33.9 Å². The lowest BCUT2D eigenvalue weighted by Gasteiger charge is -2.28. The van der Waals surface area contributed by atoms with Gasteiger partial charge in [-0.15, -0.1) is 0 Å². The van der Waals surface area contributed by atoms with Crippen LogP contribution in [0.4, 0.5) is 11.5 Å². The zero-order chi connectivity index (χ0) is 27.8. The van der Waals surface area contributed by atoms with E-state index in [9.17, 15) is 4.79 Å². The minimum atomic E-state index is -0.239. The monoisotopic (exact) mass is 533 g/mol. The Morgan fingerprint density at radius 3 is 2.67 bits per heavy atom. The fraction of sp³-hybridized carbons (Fsp3) is 0.233. The van der Waals surface area contributed by atoms with Gasteiger partial charge in [-0.05, 0) is 70.2 Å². The third-order valence-corrected chi connectivity index (χ3v) is 7.28. The first-order valence-electron chi connectivity index (χ1n) is 13.3. The summed E-state index contributed by atoms with van der Waals surface area (Å²) in [6.45, 7) is 7.51. The van der Waals surface area contributed by atoms with Gasteiger partial charge in [-0.3, -0.25) is 14.0 Å². The van der Waals surface area contributed by atoms with Crippen LogP contribution in [0.25, 0.3) is 39.5 Å². The van der Waals surface area contributed by atoms with Crippen LogP contribution in [-0.2, 0) is 4.79 Å². The number of para-hydroxylation sites is 2. The second-order valence-electron chi connectivity index (χ2n) is 10.3. The number of benzene rings is 2. The molecule has 5 aromatic rings. The van der Waals surface area contributed by atoms with Gasteiger partial charge in [-0.1, -0.05) is 24.8 Å². The zero-order valence-corrected chi connectivity index (χ0v) is 22.6. The van der Waals surface area contributed by atoms with E-state index in [4.69, 9.17) is 15.7 Å². The number of nitrogens with one attached hydrogen (secondary N) is 1. The summed E-state index contributed by atoms with van der Waals surface area (Å²) in [6.07, 6.45) is 7.67. The second-order valence-corrected chi connectivity index (χ2v) is 10.3. The first-order chi connectivity index (χ1) is 19.4. The Morgan fingerprint density at radius 2 is 1.88 bits per heavy atom. The van der Waals surface area contributed by atoms with Crippen molar-refractivity contribution in [3.8, 4) is 28.5 Å². The molecule has 40 heavy (non-hydrogen) atoms. The third-order valence-electron chi connectivity index (χ3n) is 7.28. The van der Waals surface area contributed by atoms with E-state index in [0.717, 1.165) is 48.2 Å². The van der Waals surface area contributed by atoms with Crippen LogP contribution in [0.1, 0.15) is 25.8 Å². The molecule has 3 aromatic heterocycles. The number of rotatable bonds is 6. The SMILES string of the molecule is C=C(C)C(=O)Nc1cccc(-n2c(-c3nc(-c4cnn(C5CCN(C)CC5)c4)cnc3N)nc3ccccc32)c1. The summed E-state index contributed by atoms with van der Waals surface area (Å²) < 4.78 is 4.03. The highest BCUT2D eigenvalue weighted by molar-refractivity contribution is 6.03. The number of fused-ring (bicyclic) bond motifs is 1. The molecule has 1 aliphatic heterocycles. The van der Waals surface area contributed by atoms with Crippen LogP contribution >= 0.6 is 0 Å². The van der Waals surface area contributed by atoms with Gasteiger partial charge in [0.1, 0.15) is 5.69 Å². The number of anilines is 2. The summed E-state index contributed by atoms with van der Waals surface area (Å²) in [6, 6.07) is 15.8. The van der Waals surface area contributed by atoms with Crippen molar-refractivity contribution in [1.82, 2.24) is 34.2 Å². The molecule has 0 radical (unpaired) electrons. The summed E-state index contributed by atoms with van der Waals surface area (Å²) in [7, 11) is 2.15. The van der Waals surface area contributed by atoms with Crippen LogP contribution in [0, 0.1) is 0 Å². The number of hydrogen-bond donors (Lipinski definition) is 2. The van der Waals surface area contributed by atoms with E-state index in [1.165, 1.54) is 0 Å². The van der Waals surface area contributed by atoms with Gasteiger partial charge in [0.05, 0.1) is 35.2 Å². The molecule has 0 saturated carbocycles. The Morgan fingerprint density at radius 1 is 1.07 bits per heavy atom. The molecule has 6 rings (SSSR count). The number of carbonyl (C=O) groups excluding carboxylic acids is 1. The van der Waals surface area contributed by atoms with Gasteiger partial charge in [-0.25, -0.2) is 15.0 Å². The van der Waals surface area contributed by atoms with Gasteiger partial charge in [0.15, 0.2) is 11.6 Å². The summed E-state index contributed by atoms with van der Waals surface area (Å²) in [5.74, 6) is 0.588. The van der Waals surface area contributed by atoms with Gasteiger partial charge in [0, 0.05) is 28.7 Å². The maximum absolute atomic E-state index is 12.3. The number of nitrogen functional groups attached to an aromatic ring is 1. The molecule has 1 amide bonds. The molecule has 1 fully saturated rings. The Kier molecular flexibility index (Phi) is 6.61. The van der Waals surface area contributed by atoms with Gasteiger partial charge < -0.3 is 16.0 Å². The molecule has 4 heterocycles. The quantitative estimate of drug-likeness (QED) is 0.303. The van der Waals surface area contributed by atoms with E-state index in [1.807, 2.05) is 70.2 Å². The van der Waals surface area contributed by atoms with E-state index in [1.54, 1.807) is 13.1 Å². The molecule has 0 atom stereocenters. The smallest absolute Gasteiger partial charge is 0.250 e. The predicted molar refractivity (Wildman–Crippen MR) is 157 cm³/mol. The Hall–Kier alpha value is -4.83. The van der Waals surface area contributed by atoms with Crippen molar-refractivity contribution >= 4 is 28.4 Å². The molecule has 1 saturated heterocycles. The number of hydrogen-bond acceptors (Lipinski definition) is 7. The van der Waals surface area contributed by atoms with E-state index < -0.39 is 0 Å². The standard InChI is InChI=1S/C30H31N9O/c1-19(2)30(40)34-21-7-6-8-23(15-21)39-26-10-5-4-9-24(26)36-29(39)27-28(31)32-17-25(35-27)20-16-33-38(18-20)22-11-13-37(3)14-12-22/h4-10,15-18,22H,1,11-14H2,2-3H3,(H2,31,32)(H,34,40). The summed E-state index contributed by atoms with van der Waals surface area (Å²) in [5, 5.41) is 7.54. The molecule has 10 heteroatoms. The average Bonchev–Trinajstić information content (AvgIpc) is 3.59. The molecule has 3 N–H and O–H groups in total. The van der Waals surface area contributed by atoms with E-state index >= 15 is 0 Å². The van der Waals surface area contributed by atoms with E-state index in [-0.39, 0.29) is 11.7 Å². The number of nitrogens with zero attached hydrogens (tertiary/aromatic N) is 7. The number of aromatic nitrogens is 6. The lowest BCUT2D eigenvalue weighted by Crippen LogP contribution is -2.31. The highest BCUT2D eigenvalue weighted by Crippen LogP contribution is 2.32. The number of amides is 1. The molecule has 10 nitrogen and oxygen atoms in total. The van der Waals surface area contributed by atoms with Crippen molar-refractivity contribution in [2.24, 2.45) is 0 Å². The van der Waals surface area contributed by atoms with Crippen LogP contribution in [0.2, 0.25) is 0 Å². The molecule has 0 aliphatic carbocycles. The molecule has 1 aliphatic rings. The van der Waals surface area contributed by atoms with Crippen molar-refractivity contribution in [2.75, 3.05) is 31.2 Å². The highest BCUT2D eigenvalue weighted by Gasteiger charge is 2.22. The fourth-order valence-electron chi connectivity index (χ4n) is 5.04. The molecule has 0 unspecified atom stereocenters. The molecule has 0 bridgehead atoms. The van der Waals surface area contributed by atoms with Gasteiger partial charge in [0.2, 0.25) is 0 Å². The summed E-state index contributed by atoms with van der Waals surface area (Å²) >= 11 is 0. The van der Waals surface area contributed by atoms with E-state index in [0.29, 0.717) is 34.5 Å². The zero-order valence-electron chi connectivity index (χ0n) is 22.6. The number of nitrogens with two attached hydrogens (primary N) is 1. The summed E-state index contributed by atoms with van der Waals surface area (Å²) in [4.78, 5) is 29.0. The molecule has 2 aromatic carbocycles. The highest BCUT2D eigenvalue weighted by atomic mass is 16.1. The van der Waals surface area contributed by atoms with Crippen molar-refractivity contribution in [3.05, 3.63) is 79.3 Å². The largest absolute Gasteiger partial charge is 0.382 e. The van der Waals surface area contributed by atoms with Crippen molar-refractivity contribution in [2.45, 2.75) is 25.8 Å². The molecular weight excluding hydrogens is 502 g/mol. The predicted octanol–water partition coefficient (Wildman–Crippen LogP) is 4.71. The Balaban J connectivity index is 1.42. The number of piperidine rings is 1. The number of likely N-dealkylation sites (tertiary alicyclic amines) is 1. The number of carbonyl (C=O) groups is 1. The fourth-order valence-corrected chi connectivity index (χ4v) is 5.04. The third kappa shape index (κ3) is 4.85. The Labute approximate surface area is 232 Å². The average molecular weight is 534 g/mol. The Bertz CT molecular complexity index is 1730. The first-order valence-corrected chi connectivity index (χ1v) is 13.3. The van der Waals surface area contributed by atoms with Gasteiger partial charge >= 0.3 is 0 Å². The lowest BCUT2D eigenvalue weighted by atomic mass is 10.1. The van der Waals surface area contributed by atoms with Gasteiger partial charge in [0.25, 0.3) is 5.91 Å². The van der Waals surface area contributed by atoms with Crippen LogP contribution in [0.15, 0.2) is 79.3 Å². The topological polar surface area (TPSA) is 120 Å². The lowest BCUT2D eigenvalue weighted by molar-refractivity contribution is -0.112. The van der Waals surface area contributed by atoms with Crippen molar-refractivity contribution < 1.29 is 4.79 Å². The molecule has 202 valence electrons. The normalized spacial score (nSPS) is 14.4. The van der Waals surface area contributed by atoms with Crippen LogP contribution in [-0.4, -0.2) is 60.2 Å². The molecule has 0 spiro atoms.